The molecule has 0 saturated carbocycles. The average Bonchev–Trinajstić information content (AvgIpc) is 3.35. The van der Waals surface area contributed by atoms with Crippen LogP contribution in [-0.2, 0) is 11.3 Å². The van der Waals surface area contributed by atoms with E-state index in [9.17, 15) is 4.79 Å². The van der Waals surface area contributed by atoms with Gasteiger partial charge >= 0.3 is 0 Å². The second-order valence-corrected chi connectivity index (χ2v) is 8.37. The Bertz CT molecular complexity index is 1170. The molecule has 2 aromatic heterocycles. The van der Waals surface area contributed by atoms with Gasteiger partial charge in [-0.2, -0.15) is 8.75 Å². The zero-order chi connectivity index (χ0) is 20.2. The monoisotopic (exact) mass is 486 g/mol. The van der Waals surface area contributed by atoms with Crippen molar-refractivity contribution in [1.82, 2.24) is 23.5 Å². The van der Waals surface area contributed by atoms with Crippen LogP contribution in [0.3, 0.4) is 0 Å². The van der Waals surface area contributed by atoms with E-state index in [1.165, 1.54) is 11.8 Å². The molecule has 146 valence electrons. The fourth-order valence-electron chi connectivity index (χ4n) is 2.73. The van der Waals surface area contributed by atoms with Crippen LogP contribution in [-0.4, -0.2) is 35.2 Å². The van der Waals surface area contributed by atoms with Crippen LogP contribution in [0.25, 0.3) is 22.4 Å². The van der Waals surface area contributed by atoms with Crippen molar-refractivity contribution in [3.05, 3.63) is 59.6 Å². The van der Waals surface area contributed by atoms with Gasteiger partial charge in [-0.1, -0.05) is 52.0 Å². The van der Waals surface area contributed by atoms with E-state index >= 15 is 0 Å². The lowest BCUT2D eigenvalue weighted by Crippen LogP contribution is -2.15. The van der Waals surface area contributed by atoms with Crippen LogP contribution < -0.4 is 5.32 Å². The number of allylic oxidation sites excluding steroid dienone is 1. The van der Waals surface area contributed by atoms with Crippen molar-refractivity contribution < 1.29 is 4.79 Å². The third kappa shape index (κ3) is 4.39. The molecular weight excluding hydrogens is 472 g/mol. The van der Waals surface area contributed by atoms with Crippen molar-refractivity contribution in [2.24, 2.45) is 0 Å². The number of aromatic nitrogens is 5. The highest BCUT2D eigenvalue weighted by Crippen LogP contribution is 2.26. The summed E-state index contributed by atoms with van der Waals surface area (Å²) in [5.41, 5.74) is 3.07. The summed E-state index contributed by atoms with van der Waals surface area (Å²) in [6, 6.07) is 13.4. The van der Waals surface area contributed by atoms with Gasteiger partial charge < -0.3 is 5.32 Å². The summed E-state index contributed by atoms with van der Waals surface area (Å²) in [4.78, 5) is 12.5. The molecule has 0 saturated heterocycles. The number of fused-ring (bicyclic) bond motifs is 1. The van der Waals surface area contributed by atoms with Crippen molar-refractivity contribution in [2.45, 2.75) is 11.7 Å². The Kier molecular flexibility index (Phi) is 6.02. The second kappa shape index (κ2) is 8.85. The molecule has 29 heavy (non-hydrogen) atoms. The van der Waals surface area contributed by atoms with Crippen LogP contribution in [0.4, 0.5) is 5.69 Å². The summed E-state index contributed by atoms with van der Waals surface area (Å²) in [6.45, 7) is 4.36. The van der Waals surface area contributed by atoms with E-state index in [1.54, 1.807) is 6.08 Å². The molecule has 10 heteroatoms. The molecule has 0 aliphatic heterocycles. The Morgan fingerprint density at radius 3 is 2.83 bits per heavy atom. The van der Waals surface area contributed by atoms with Gasteiger partial charge in [-0.15, -0.1) is 16.8 Å². The number of hydrogen-bond donors (Lipinski definition) is 1. The molecule has 4 rings (SSSR count). The minimum Gasteiger partial charge on any atom is -0.323 e. The van der Waals surface area contributed by atoms with Gasteiger partial charge in [0.05, 0.1) is 23.2 Å². The van der Waals surface area contributed by atoms with E-state index in [0.717, 1.165) is 33.1 Å². The van der Waals surface area contributed by atoms with Gasteiger partial charge in [0.1, 0.15) is 11.0 Å². The number of rotatable bonds is 7. The normalized spacial score (nSPS) is 10.9. The Morgan fingerprint density at radius 2 is 2.03 bits per heavy atom. The molecule has 2 heterocycles. The number of thioether (sulfide) groups is 1. The first kappa shape index (κ1) is 19.7. The first-order chi connectivity index (χ1) is 14.2. The molecule has 0 fully saturated rings. The van der Waals surface area contributed by atoms with Crippen LogP contribution in [0.15, 0.2) is 64.7 Å². The molecule has 1 N–H and O–H groups in total. The zero-order valence-electron chi connectivity index (χ0n) is 15.1. The Morgan fingerprint density at radius 1 is 1.21 bits per heavy atom. The molecule has 1 amide bonds. The van der Waals surface area contributed by atoms with E-state index in [1.807, 2.05) is 47.0 Å². The summed E-state index contributed by atoms with van der Waals surface area (Å²) in [5, 5.41) is 12.1. The van der Waals surface area contributed by atoms with Crippen LogP contribution in [0.1, 0.15) is 0 Å². The number of benzene rings is 2. The Labute approximate surface area is 183 Å². The third-order valence-corrected chi connectivity index (χ3v) is 6.06. The van der Waals surface area contributed by atoms with Gasteiger partial charge in [0.25, 0.3) is 0 Å². The molecule has 0 radical (unpaired) electrons. The predicted octanol–water partition coefficient (Wildman–Crippen LogP) is 4.63. The fourth-order valence-corrected chi connectivity index (χ4v) is 4.29. The largest absolute Gasteiger partial charge is 0.323 e. The SMILES string of the molecule is C=CCn1c(SCC(=O)Nc2cccc3nsnc23)nnc1-c1ccc(Br)cc1. The summed E-state index contributed by atoms with van der Waals surface area (Å²) in [5.74, 6) is 0.788. The lowest BCUT2D eigenvalue weighted by Gasteiger charge is -2.08. The molecule has 0 spiro atoms. The standard InChI is InChI=1S/C19H15BrN6OS2/c1-2-10-26-18(12-6-8-13(20)9-7-12)22-23-19(26)28-11-16(27)21-14-4-3-5-15-17(14)25-29-24-15/h2-9H,1,10-11H2,(H,21,27). The highest BCUT2D eigenvalue weighted by atomic mass is 79.9. The lowest BCUT2D eigenvalue weighted by molar-refractivity contribution is -0.113. The Hall–Kier alpha value is -2.56. The van der Waals surface area contributed by atoms with E-state index in [4.69, 9.17) is 0 Å². The van der Waals surface area contributed by atoms with Crippen molar-refractivity contribution in [2.75, 3.05) is 11.1 Å². The molecule has 0 bridgehead atoms. The van der Waals surface area contributed by atoms with Gasteiger partial charge in [-0.3, -0.25) is 9.36 Å². The van der Waals surface area contributed by atoms with Gasteiger partial charge in [-0.05, 0) is 24.3 Å². The maximum Gasteiger partial charge on any atom is 0.234 e. The number of halogens is 1. The van der Waals surface area contributed by atoms with Gasteiger partial charge in [0.2, 0.25) is 5.91 Å². The van der Waals surface area contributed by atoms with Gasteiger partial charge in [0.15, 0.2) is 11.0 Å². The van der Waals surface area contributed by atoms with Gasteiger partial charge in [0, 0.05) is 16.6 Å². The van der Waals surface area contributed by atoms with Crippen LogP contribution >= 0.6 is 39.4 Å². The number of carbonyl (C=O) groups is 1. The average molecular weight is 487 g/mol. The number of amides is 1. The van der Waals surface area contributed by atoms with Gasteiger partial charge in [-0.25, -0.2) is 0 Å². The maximum absolute atomic E-state index is 12.5. The molecule has 0 atom stereocenters. The van der Waals surface area contributed by atoms with E-state index in [-0.39, 0.29) is 11.7 Å². The lowest BCUT2D eigenvalue weighted by atomic mass is 10.2. The Balaban J connectivity index is 1.49. The first-order valence-corrected chi connectivity index (χ1v) is 11.1. The van der Waals surface area contributed by atoms with Crippen LogP contribution in [0.5, 0.6) is 0 Å². The van der Waals surface area contributed by atoms with Crippen LogP contribution in [0.2, 0.25) is 0 Å². The molecule has 4 aromatic rings. The van der Waals surface area contributed by atoms with Crippen LogP contribution in [0, 0.1) is 0 Å². The third-order valence-electron chi connectivity index (χ3n) is 4.02. The van der Waals surface area contributed by atoms with Crippen molar-refractivity contribution >= 4 is 62.0 Å². The summed E-state index contributed by atoms with van der Waals surface area (Å²) in [6.07, 6.45) is 1.78. The van der Waals surface area contributed by atoms with E-state index in [2.05, 4.69) is 46.8 Å². The van der Waals surface area contributed by atoms with Crippen molar-refractivity contribution in [3.8, 4) is 11.4 Å². The minimum absolute atomic E-state index is 0.145. The summed E-state index contributed by atoms with van der Waals surface area (Å²) in [7, 11) is 0. The summed E-state index contributed by atoms with van der Waals surface area (Å²) < 4.78 is 11.4. The highest BCUT2D eigenvalue weighted by Gasteiger charge is 2.16. The number of nitrogens with zero attached hydrogens (tertiary/aromatic N) is 5. The molecule has 2 aromatic carbocycles. The summed E-state index contributed by atoms with van der Waals surface area (Å²) >= 11 is 5.89. The van der Waals surface area contributed by atoms with Crippen molar-refractivity contribution in [3.63, 3.8) is 0 Å². The fraction of sp³-hybridized carbons (Fsp3) is 0.105. The molecule has 0 unspecified atom stereocenters. The smallest absolute Gasteiger partial charge is 0.234 e. The topological polar surface area (TPSA) is 85.6 Å². The second-order valence-electron chi connectivity index (χ2n) is 5.99. The predicted molar refractivity (Wildman–Crippen MR) is 120 cm³/mol. The van der Waals surface area contributed by atoms with E-state index < -0.39 is 0 Å². The van der Waals surface area contributed by atoms with Crippen molar-refractivity contribution in [1.29, 1.82) is 0 Å². The molecule has 7 nitrogen and oxygen atoms in total. The van der Waals surface area contributed by atoms with E-state index in [0.29, 0.717) is 22.9 Å². The molecule has 0 aliphatic rings. The number of hydrogen-bond acceptors (Lipinski definition) is 7. The zero-order valence-corrected chi connectivity index (χ0v) is 18.3. The molecule has 0 aliphatic carbocycles. The maximum atomic E-state index is 12.5. The quantitative estimate of drug-likeness (QED) is 0.302. The first-order valence-electron chi connectivity index (χ1n) is 8.59. The number of nitrogens with one attached hydrogen (secondary N) is 1. The number of anilines is 1. The molecular formula is C19H15BrN6OS2. The minimum atomic E-state index is -0.145. The highest BCUT2D eigenvalue weighted by molar-refractivity contribution is 9.10. The number of carbonyl (C=O) groups excluding carboxylic acids is 1.